The fraction of sp³-hybridized carbons (Fsp3) is 0.450. The molecule has 0 spiro atoms. The van der Waals surface area contributed by atoms with Crippen LogP contribution in [0.1, 0.15) is 30.6 Å². The lowest BCUT2D eigenvalue weighted by Gasteiger charge is -2.34. The Balaban J connectivity index is 1.50. The predicted octanol–water partition coefficient (Wildman–Crippen LogP) is 2.85. The smallest absolute Gasteiger partial charge is 0.254 e. The monoisotopic (exact) mass is 338 g/mol. The molecule has 0 saturated carbocycles. The number of carbonyl (C=O) groups is 1. The van der Waals surface area contributed by atoms with Crippen LogP contribution >= 0.6 is 0 Å². The molecule has 2 heterocycles. The highest BCUT2D eigenvalue weighted by atomic mass is 16.1. The van der Waals surface area contributed by atoms with Gasteiger partial charge in [-0.25, -0.2) is 9.97 Å². The van der Waals surface area contributed by atoms with Crippen LogP contribution in [0.2, 0.25) is 0 Å². The number of aromatic nitrogens is 2. The number of hydrogen-bond donors (Lipinski definition) is 1. The fourth-order valence-corrected chi connectivity index (χ4v) is 3.59. The van der Waals surface area contributed by atoms with Crippen molar-refractivity contribution >= 4 is 5.91 Å². The molecule has 5 heteroatoms. The molecular weight excluding hydrogens is 312 g/mol. The topological polar surface area (TPSA) is 58.1 Å². The van der Waals surface area contributed by atoms with Gasteiger partial charge in [-0.2, -0.15) is 0 Å². The summed E-state index contributed by atoms with van der Waals surface area (Å²) in [7, 11) is 0. The van der Waals surface area contributed by atoms with E-state index in [0.29, 0.717) is 17.9 Å². The van der Waals surface area contributed by atoms with E-state index >= 15 is 0 Å². The van der Waals surface area contributed by atoms with E-state index in [9.17, 15) is 4.79 Å². The van der Waals surface area contributed by atoms with E-state index in [-0.39, 0.29) is 5.91 Å². The Labute approximate surface area is 149 Å². The van der Waals surface area contributed by atoms with E-state index in [0.717, 1.165) is 37.0 Å². The maximum absolute atomic E-state index is 12.3. The van der Waals surface area contributed by atoms with Crippen molar-refractivity contribution in [3.05, 3.63) is 48.3 Å². The van der Waals surface area contributed by atoms with E-state index in [1.165, 1.54) is 6.42 Å². The normalized spacial score (nSPS) is 21.0. The first-order valence-corrected chi connectivity index (χ1v) is 9.00. The Kier molecular flexibility index (Phi) is 5.76. The van der Waals surface area contributed by atoms with Crippen LogP contribution in [0.15, 0.2) is 42.7 Å². The second kappa shape index (κ2) is 8.21. The largest absolute Gasteiger partial charge is 0.351 e. The summed E-state index contributed by atoms with van der Waals surface area (Å²) in [5.41, 5.74) is 1.45. The van der Waals surface area contributed by atoms with Gasteiger partial charge >= 0.3 is 0 Å². The molecule has 2 aromatic rings. The number of piperidine rings is 1. The first-order valence-electron chi connectivity index (χ1n) is 9.00. The number of amides is 1. The maximum atomic E-state index is 12.3. The Morgan fingerprint density at radius 3 is 2.40 bits per heavy atom. The number of nitrogens with zero attached hydrogens (tertiary/aromatic N) is 3. The van der Waals surface area contributed by atoms with E-state index in [1.807, 2.05) is 30.3 Å². The third-order valence-electron chi connectivity index (χ3n) is 4.60. The SMILES string of the molecule is C[C@@H]1C[C@H](C)CN(CCNC(=O)c2cnc(-c3ccccc3)nc2)C1. The van der Waals surface area contributed by atoms with Crippen LogP contribution in [0.4, 0.5) is 0 Å². The van der Waals surface area contributed by atoms with Gasteiger partial charge in [0.25, 0.3) is 5.91 Å². The summed E-state index contributed by atoms with van der Waals surface area (Å²) < 4.78 is 0. The summed E-state index contributed by atoms with van der Waals surface area (Å²) in [4.78, 5) is 23.3. The number of likely N-dealkylation sites (tertiary alicyclic amines) is 1. The van der Waals surface area contributed by atoms with Gasteiger partial charge in [0.05, 0.1) is 5.56 Å². The van der Waals surface area contributed by atoms with Crippen molar-refractivity contribution in [3.8, 4) is 11.4 Å². The highest BCUT2D eigenvalue weighted by Crippen LogP contribution is 2.20. The Hall–Kier alpha value is -2.27. The molecule has 0 aliphatic carbocycles. The van der Waals surface area contributed by atoms with E-state index in [2.05, 4.69) is 34.0 Å². The summed E-state index contributed by atoms with van der Waals surface area (Å²) in [5.74, 6) is 1.99. The number of nitrogens with one attached hydrogen (secondary N) is 1. The van der Waals surface area contributed by atoms with Crippen molar-refractivity contribution in [1.29, 1.82) is 0 Å². The number of rotatable bonds is 5. The molecule has 3 rings (SSSR count). The van der Waals surface area contributed by atoms with Crippen molar-refractivity contribution in [1.82, 2.24) is 20.2 Å². The maximum Gasteiger partial charge on any atom is 0.254 e. The van der Waals surface area contributed by atoms with Gasteiger partial charge in [0, 0.05) is 44.1 Å². The molecule has 1 aliphatic heterocycles. The molecule has 2 atom stereocenters. The molecule has 1 saturated heterocycles. The van der Waals surface area contributed by atoms with E-state index < -0.39 is 0 Å². The molecule has 1 aliphatic rings. The fourth-order valence-electron chi connectivity index (χ4n) is 3.59. The number of carbonyl (C=O) groups excluding carboxylic acids is 1. The second-order valence-electron chi connectivity index (χ2n) is 7.12. The zero-order valence-corrected chi connectivity index (χ0v) is 15.0. The van der Waals surface area contributed by atoms with Crippen molar-refractivity contribution in [2.75, 3.05) is 26.2 Å². The van der Waals surface area contributed by atoms with Crippen LogP contribution in [-0.2, 0) is 0 Å². The summed E-state index contributed by atoms with van der Waals surface area (Å²) in [5, 5.41) is 2.97. The number of hydrogen-bond acceptors (Lipinski definition) is 4. The van der Waals surface area contributed by atoms with Gasteiger partial charge in [-0.05, 0) is 18.3 Å². The molecule has 25 heavy (non-hydrogen) atoms. The zero-order valence-electron chi connectivity index (χ0n) is 15.0. The highest BCUT2D eigenvalue weighted by Gasteiger charge is 2.21. The lowest BCUT2D eigenvalue weighted by molar-refractivity contribution is 0.0936. The standard InChI is InChI=1S/C20H26N4O/c1-15-10-16(2)14-24(13-15)9-8-21-20(25)18-11-22-19(23-12-18)17-6-4-3-5-7-17/h3-7,11-12,15-16H,8-10,13-14H2,1-2H3,(H,21,25)/t15-,16+. The van der Waals surface area contributed by atoms with Crippen LogP contribution in [0, 0.1) is 11.8 Å². The van der Waals surface area contributed by atoms with Crippen LogP contribution in [0.3, 0.4) is 0 Å². The van der Waals surface area contributed by atoms with Gasteiger partial charge in [-0.15, -0.1) is 0 Å². The minimum absolute atomic E-state index is 0.113. The summed E-state index contributed by atoms with van der Waals surface area (Å²) in [6, 6.07) is 9.75. The first kappa shape index (κ1) is 17.5. The zero-order chi connectivity index (χ0) is 17.6. The minimum atomic E-state index is -0.113. The molecule has 1 aromatic carbocycles. The van der Waals surface area contributed by atoms with Gasteiger partial charge in [0.2, 0.25) is 0 Å². The summed E-state index contributed by atoms with van der Waals surface area (Å²) in [6.07, 6.45) is 4.49. The third-order valence-corrected chi connectivity index (χ3v) is 4.60. The third kappa shape index (κ3) is 4.86. The van der Waals surface area contributed by atoms with Crippen LogP contribution in [0.25, 0.3) is 11.4 Å². The van der Waals surface area contributed by atoms with Gasteiger partial charge in [0.15, 0.2) is 5.82 Å². The van der Waals surface area contributed by atoms with Crippen LogP contribution < -0.4 is 5.32 Å². The quantitative estimate of drug-likeness (QED) is 0.911. The van der Waals surface area contributed by atoms with Gasteiger partial charge in [0.1, 0.15) is 0 Å². The van der Waals surface area contributed by atoms with Gasteiger partial charge in [-0.1, -0.05) is 44.2 Å². The van der Waals surface area contributed by atoms with Crippen molar-refractivity contribution in [2.45, 2.75) is 20.3 Å². The Morgan fingerprint density at radius 1 is 1.12 bits per heavy atom. The van der Waals surface area contributed by atoms with Crippen LogP contribution in [0.5, 0.6) is 0 Å². The molecular formula is C20H26N4O. The van der Waals surface area contributed by atoms with Gasteiger partial charge in [-0.3, -0.25) is 4.79 Å². The first-order chi connectivity index (χ1) is 12.1. The molecule has 0 unspecified atom stereocenters. The van der Waals surface area contributed by atoms with Crippen molar-refractivity contribution in [2.24, 2.45) is 11.8 Å². The Bertz CT molecular complexity index is 677. The predicted molar refractivity (Wildman–Crippen MR) is 99.2 cm³/mol. The highest BCUT2D eigenvalue weighted by molar-refractivity contribution is 5.93. The van der Waals surface area contributed by atoms with E-state index in [4.69, 9.17) is 0 Å². The molecule has 1 fully saturated rings. The molecule has 1 amide bonds. The van der Waals surface area contributed by atoms with Crippen molar-refractivity contribution in [3.63, 3.8) is 0 Å². The lowest BCUT2D eigenvalue weighted by Crippen LogP contribution is -2.42. The lowest BCUT2D eigenvalue weighted by atomic mass is 9.92. The molecule has 5 nitrogen and oxygen atoms in total. The minimum Gasteiger partial charge on any atom is -0.351 e. The molecule has 132 valence electrons. The van der Waals surface area contributed by atoms with Gasteiger partial charge < -0.3 is 10.2 Å². The van der Waals surface area contributed by atoms with E-state index in [1.54, 1.807) is 12.4 Å². The van der Waals surface area contributed by atoms with Crippen molar-refractivity contribution < 1.29 is 4.79 Å². The molecule has 0 bridgehead atoms. The number of benzene rings is 1. The molecule has 1 aromatic heterocycles. The second-order valence-corrected chi connectivity index (χ2v) is 7.12. The summed E-state index contributed by atoms with van der Waals surface area (Å²) >= 11 is 0. The summed E-state index contributed by atoms with van der Waals surface area (Å²) in [6.45, 7) is 8.38. The average Bonchev–Trinajstić information content (AvgIpc) is 2.62. The Morgan fingerprint density at radius 2 is 1.76 bits per heavy atom. The van der Waals surface area contributed by atoms with Crippen LogP contribution in [-0.4, -0.2) is 47.0 Å². The average molecular weight is 338 g/mol. The molecule has 1 N–H and O–H groups in total. The molecule has 0 radical (unpaired) electrons.